The second kappa shape index (κ2) is 5.48. The molecule has 0 fully saturated rings. The Balaban J connectivity index is 2.11. The largest absolute Gasteiger partial charge is 0.336 e. The van der Waals surface area contributed by atoms with Gasteiger partial charge in [-0.1, -0.05) is 18.2 Å². The summed E-state index contributed by atoms with van der Waals surface area (Å²) in [7, 11) is 1.62. The average molecular weight is 260 g/mol. The van der Waals surface area contributed by atoms with Gasteiger partial charge in [-0.15, -0.1) is 0 Å². The number of nitrogens with one attached hydrogen (secondary N) is 1. The molecule has 0 spiro atoms. The highest BCUT2D eigenvalue weighted by Gasteiger charge is 2.12. The zero-order valence-corrected chi connectivity index (χ0v) is 10.4. The lowest BCUT2D eigenvalue weighted by Crippen LogP contribution is -2.28. The summed E-state index contributed by atoms with van der Waals surface area (Å²) in [5.41, 5.74) is 0.730. The normalized spacial score (nSPS) is 10.2. The molecule has 1 amide bonds. The van der Waals surface area contributed by atoms with Gasteiger partial charge in [0.2, 0.25) is 5.56 Å². The number of pyridine rings is 1. The number of hydrogen-bond donors (Lipinski definition) is 1. The zero-order chi connectivity index (χ0) is 13.8. The fourth-order valence-corrected chi connectivity index (χ4v) is 1.71. The van der Waals surface area contributed by atoms with Crippen LogP contribution in [0.25, 0.3) is 0 Å². The number of halogens is 1. The van der Waals surface area contributed by atoms with Crippen LogP contribution in [-0.4, -0.2) is 22.8 Å². The van der Waals surface area contributed by atoms with Gasteiger partial charge in [0.1, 0.15) is 11.5 Å². The van der Waals surface area contributed by atoms with E-state index in [1.165, 1.54) is 29.2 Å². The van der Waals surface area contributed by atoms with Gasteiger partial charge in [0, 0.05) is 19.7 Å². The van der Waals surface area contributed by atoms with Crippen LogP contribution in [0.4, 0.5) is 4.39 Å². The molecule has 5 heteroatoms. The van der Waals surface area contributed by atoms with E-state index in [4.69, 9.17) is 0 Å². The maximum absolute atomic E-state index is 12.8. The van der Waals surface area contributed by atoms with Crippen LogP contribution >= 0.6 is 0 Å². The van der Waals surface area contributed by atoms with Gasteiger partial charge in [-0.25, -0.2) is 4.39 Å². The number of aromatic nitrogens is 1. The zero-order valence-electron chi connectivity index (χ0n) is 10.4. The fraction of sp³-hybridized carbons (Fsp3) is 0.143. The third-order valence-corrected chi connectivity index (χ3v) is 2.68. The smallest absolute Gasteiger partial charge is 0.270 e. The number of carbonyl (C=O) groups is 1. The van der Waals surface area contributed by atoms with Crippen LogP contribution in [0, 0.1) is 5.82 Å². The molecule has 1 N–H and O–H groups in total. The molecule has 1 aromatic heterocycles. The molecule has 0 atom stereocenters. The molecule has 0 aliphatic rings. The molecule has 0 radical (unpaired) electrons. The summed E-state index contributed by atoms with van der Waals surface area (Å²) >= 11 is 0. The standard InChI is InChI=1S/C14H13FN2O2/c1-17(9-10-5-7-11(15)8-6-10)14(19)12-3-2-4-13(18)16-12/h2-8H,9H2,1H3,(H,16,18). The number of rotatable bonds is 3. The molecule has 1 heterocycles. The van der Waals surface area contributed by atoms with Crippen LogP contribution < -0.4 is 5.56 Å². The van der Waals surface area contributed by atoms with Crippen LogP contribution in [0.15, 0.2) is 47.3 Å². The summed E-state index contributed by atoms with van der Waals surface area (Å²) in [6, 6.07) is 10.3. The minimum absolute atomic E-state index is 0.233. The molecule has 0 saturated carbocycles. The van der Waals surface area contributed by atoms with Gasteiger partial charge in [0.15, 0.2) is 0 Å². The Morgan fingerprint density at radius 2 is 1.89 bits per heavy atom. The number of aromatic amines is 1. The molecule has 2 aromatic rings. The predicted octanol–water partition coefficient (Wildman–Crippen LogP) is 1.79. The first-order valence-electron chi connectivity index (χ1n) is 5.75. The first kappa shape index (κ1) is 13.0. The van der Waals surface area contributed by atoms with E-state index >= 15 is 0 Å². The first-order valence-corrected chi connectivity index (χ1v) is 5.75. The van der Waals surface area contributed by atoms with Crippen molar-refractivity contribution in [1.29, 1.82) is 0 Å². The molecule has 0 unspecified atom stereocenters. The summed E-state index contributed by atoms with van der Waals surface area (Å²) in [6.45, 7) is 0.343. The van der Waals surface area contributed by atoms with E-state index in [9.17, 15) is 14.0 Å². The number of benzene rings is 1. The van der Waals surface area contributed by atoms with E-state index in [0.717, 1.165) is 5.56 Å². The second-order valence-corrected chi connectivity index (χ2v) is 4.22. The fourth-order valence-electron chi connectivity index (χ4n) is 1.71. The number of nitrogens with zero attached hydrogens (tertiary/aromatic N) is 1. The van der Waals surface area contributed by atoms with Crippen LogP contribution in [-0.2, 0) is 6.54 Å². The summed E-state index contributed by atoms with van der Waals surface area (Å²) < 4.78 is 12.8. The van der Waals surface area contributed by atoms with Crippen LogP contribution in [0.1, 0.15) is 16.1 Å². The lowest BCUT2D eigenvalue weighted by atomic mass is 10.2. The minimum atomic E-state index is -0.318. The van der Waals surface area contributed by atoms with Crippen LogP contribution in [0.3, 0.4) is 0 Å². The van der Waals surface area contributed by atoms with Gasteiger partial charge in [-0.3, -0.25) is 9.59 Å². The Kier molecular flexibility index (Phi) is 3.75. The molecule has 0 aliphatic carbocycles. The quantitative estimate of drug-likeness (QED) is 0.914. The van der Waals surface area contributed by atoms with Gasteiger partial charge < -0.3 is 9.88 Å². The topological polar surface area (TPSA) is 53.2 Å². The Labute approximate surface area is 109 Å². The molecule has 19 heavy (non-hydrogen) atoms. The SMILES string of the molecule is CN(Cc1ccc(F)cc1)C(=O)c1cccc(=O)[nH]1. The molecule has 98 valence electrons. The predicted molar refractivity (Wildman–Crippen MR) is 69.3 cm³/mol. The van der Waals surface area contributed by atoms with Crippen molar-refractivity contribution in [3.05, 3.63) is 69.9 Å². The average Bonchev–Trinajstić information content (AvgIpc) is 2.40. The van der Waals surface area contributed by atoms with Crippen molar-refractivity contribution in [3.8, 4) is 0 Å². The van der Waals surface area contributed by atoms with Crippen molar-refractivity contribution in [2.24, 2.45) is 0 Å². The highest BCUT2D eigenvalue weighted by molar-refractivity contribution is 5.91. The molecular weight excluding hydrogens is 247 g/mol. The lowest BCUT2D eigenvalue weighted by Gasteiger charge is -2.17. The number of carbonyl (C=O) groups excluding carboxylic acids is 1. The molecule has 0 aliphatic heterocycles. The minimum Gasteiger partial charge on any atom is -0.336 e. The van der Waals surface area contributed by atoms with Gasteiger partial charge in [-0.05, 0) is 23.8 Å². The molecule has 0 bridgehead atoms. The van der Waals surface area contributed by atoms with E-state index in [0.29, 0.717) is 6.54 Å². The molecular formula is C14H13FN2O2. The maximum Gasteiger partial charge on any atom is 0.270 e. The monoisotopic (exact) mass is 260 g/mol. The molecule has 1 aromatic carbocycles. The van der Waals surface area contributed by atoms with E-state index in [1.807, 2.05) is 0 Å². The Hall–Kier alpha value is -2.43. The van der Waals surface area contributed by atoms with Gasteiger partial charge >= 0.3 is 0 Å². The van der Waals surface area contributed by atoms with E-state index in [1.54, 1.807) is 25.2 Å². The Morgan fingerprint density at radius 1 is 1.21 bits per heavy atom. The van der Waals surface area contributed by atoms with Crippen molar-refractivity contribution < 1.29 is 9.18 Å². The number of hydrogen-bond acceptors (Lipinski definition) is 2. The van der Waals surface area contributed by atoms with Crippen molar-refractivity contribution >= 4 is 5.91 Å². The highest BCUT2D eigenvalue weighted by atomic mass is 19.1. The Morgan fingerprint density at radius 3 is 2.53 bits per heavy atom. The van der Waals surface area contributed by atoms with Gasteiger partial charge in [0.05, 0.1) is 0 Å². The second-order valence-electron chi connectivity index (χ2n) is 4.22. The Bertz CT molecular complexity index is 634. The summed E-state index contributed by atoms with van der Waals surface area (Å²) in [5.74, 6) is -0.604. The lowest BCUT2D eigenvalue weighted by molar-refractivity contribution is 0.0779. The van der Waals surface area contributed by atoms with Crippen LogP contribution in [0.5, 0.6) is 0 Å². The summed E-state index contributed by atoms with van der Waals surface area (Å²) in [6.07, 6.45) is 0. The number of H-pyrrole nitrogens is 1. The van der Waals surface area contributed by atoms with Gasteiger partial charge in [-0.2, -0.15) is 0 Å². The van der Waals surface area contributed by atoms with Crippen molar-refractivity contribution in [2.45, 2.75) is 6.54 Å². The van der Waals surface area contributed by atoms with Crippen molar-refractivity contribution in [1.82, 2.24) is 9.88 Å². The van der Waals surface area contributed by atoms with Crippen LogP contribution in [0.2, 0.25) is 0 Å². The molecule has 4 nitrogen and oxygen atoms in total. The molecule has 2 rings (SSSR count). The number of amides is 1. The van der Waals surface area contributed by atoms with Crippen molar-refractivity contribution in [3.63, 3.8) is 0 Å². The maximum atomic E-state index is 12.8. The van der Waals surface area contributed by atoms with E-state index in [-0.39, 0.29) is 23.0 Å². The highest BCUT2D eigenvalue weighted by Crippen LogP contribution is 2.07. The first-order chi connectivity index (χ1) is 9.06. The summed E-state index contributed by atoms with van der Waals surface area (Å²) in [4.78, 5) is 27.1. The van der Waals surface area contributed by atoms with E-state index in [2.05, 4.69) is 4.98 Å². The van der Waals surface area contributed by atoms with Gasteiger partial charge in [0.25, 0.3) is 5.91 Å². The summed E-state index contributed by atoms with van der Waals surface area (Å²) in [5, 5.41) is 0. The third kappa shape index (κ3) is 3.28. The molecule has 0 saturated heterocycles. The van der Waals surface area contributed by atoms with E-state index < -0.39 is 0 Å². The third-order valence-electron chi connectivity index (χ3n) is 2.68. The van der Waals surface area contributed by atoms with Crippen molar-refractivity contribution in [2.75, 3.05) is 7.05 Å².